The van der Waals surface area contributed by atoms with Crippen LogP contribution in [0, 0.1) is 6.92 Å². The lowest BCUT2D eigenvalue weighted by atomic mass is 10.2. The molecule has 98 valence electrons. The Balaban J connectivity index is 2.45. The van der Waals surface area contributed by atoms with Gasteiger partial charge in [-0.15, -0.1) is 0 Å². The Hall–Kier alpha value is -1.17. The van der Waals surface area contributed by atoms with Crippen LogP contribution < -0.4 is 4.90 Å². The number of nitrogens with zero attached hydrogens (tertiary/aromatic N) is 5. The molecule has 2 heterocycles. The number of fused-ring (bicyclic) bond motifs is 1. The molecule has 5 nitrogen and oxygen atoms in total. The summed E-state index contributed by atoms with van der Waals surface area (Å²) in [6, 6.07) is 2.48. The van der Waals surface area contributed by atoms with Crippen molar-refractivity contribution in [2.75, 3.05) is 16.8 Å². The lowest BCUT2D eigenvalue weighted by Crippen LogP contribution is -2.33. The first-order chi connectivity index (χ1) is 8.63. The van der Waals surface area contributed by atoms with Crippen molar-refractivity contribution in [1.82, 2.24) is 19.6 Å². The van der Waals surface area contributed by atoms with Gasteiger partial charge in [-0.25, -0.2) is 4.98 Å². The highest BCUT2D eigenvalue weighted by Crippen LogP contribution is 2.18. The summed E-state index contributed by atoms with van der Waals surface area (Å²) in [7, 11) is 0. The van der Waals surface area contributed by atoms with Gasteiger partial charge >= 0.3 is 0 Å². The molecule has 2 aromatic rings. The second-order valence-electron chi connectivity index (χ2n) is 4.56. The Bertz CT molecular complexity index is 522. The van der Waals surface area contributed by atoms with E-state index in [4.69, 9.17) is 0 Å². The van der Waals surface area contributed by atoms with Crippen LogP contribution in [0.5, 0.6) is 0 Å². The molecule has 2 rings (SSSR count). The molecule has 18 heavy (non-hydrogen) atoms. The molecule has 0 N–H and O–H groups in total. The van der Waals surface area contributed by atoms with Crippen molar-refractivity contribution in [2.24, 2.45) is 0 Å². The summed E-state index contributed by atoms with van der Waals surface area (Å²) >= 11 is 3.48. The standard InChI is InChI=1S/C12H18BrN5/c1-9(2)17(6-4-5-13)11-7-10(3)16-12-14-8-15-18(11)12/h7-9H,4-6H2,1-3H3. The van der Waals surface area contributed by atoms with E-state index in [-0.39, 0.29) is 0 Å². The molecule has 0 unspecified atom stereocenters. The van der Waals surface area contributed by atoms with E-state index in [1.54, 1.807) is 10.8 Å². The van der Waals surface area contributed by atoms with Gasteiger partial charge in [-0.3, -0.25) is 0 Å². The SMILES string of the molecule is Cc1cc(N(CCCBr)C(C)C)n2ncnc2n1. The van der Waals surface area contributed by atoms with Crippen molar-refractivity contribution in [1.29, 1.82) is 0 Å². The van der Waals surface area contributed by atoms with Gasteiger partial charge in [0.05, 0.1) is 0 Å². The summed E-state index contributed by atoms with van der Waals surface area (Å²) in [4.78, 5) is 10.9. The fraction of sp³-hybridized carbons (Fsp3) is 0.583. The molecule has 6 heteroatoms. The number of anilines is 1. The zero-order chi connectivity index (χ0) is 13.1. The van der Waals surface area contributed by atoms with Crippen molar-refractivity contribution in [3.63, 3.8) is 0 Å². The van der Waals surface area contributed by atoms with Crippen LogP contribution in [0.15, 0.2) is 12.4 Å². The molecule has 0 bridgehead atoms. The molecule has 0 atom stereocenters. The largest absolute Gasteiger partial charge is 0.354 e. The number of halogens is 1. The Morgan fingerprint density at radius 3 is 2.89 bits per heavy atom. The minimum atomic E-state index is 0.415. The molecule has 2 aromatic heterocycles. The van der Waals surface area contributed by atoms with Crippen molar-refractivity contribution in [2.45, 2.75) is 33.2 Å². The van der Waals surface area contributed by atoms with Gasteiger partial charge in [-0.05, 0) is 27.2 Å². The molecule has 0 aliphatic heterocycles. The second kappa shape index (κ2) is 5.65. The molecule has 0 fully saturated rings. The van der Waals surface area contributed by atoms with Crippen LogP contribution in [0.3, 0.4) is 0 Å². The Morgan fingerprint density at radius 1 is 1.44 bits per heavy atom. The maximum atomic E-state index is 4.37. The Kier molecular flexibility index (Phi) is 4.16. The first-order valence-corrected chi connectivity index (χ1v) is 7.25. The van der Waals surface area contributed by atoms with Crippen molar-refractivity contribution >= 4 is 27.5 Å². The van der Waals surface area contributed by atoms with Gasteiger partial charge in [0.15, 0.2) is 0 Å². The third-order valence-corrected chi connectivity index (χ3v) is 3.37. The molecular formula is C12H18BrN5. The summed E-state index contributed by atoms with van der Waals surface area (Å²) in [5.41, 5.74) is 0.968. The topological polar surface area (TPSA) is 46.3 Å². The third-order valence-electron chi connectivity index (χ3n) is 2.81. The average molecular weight is 312 g/mol. The zero-order valence-corrected chi connectivity index (χ0v) is 12.6. The van der Waals surface area contributed by atoms with Crippen LogP contribution in [0.1, 0.15) is 26.0 Å². The number of alkyl halides is 1. The normalized spacial score (nSPS) is 11.4. The highest BCUT2D eigenvalue weighted by molar-refractivity contribution is 9.09. The number of aromatic nitrogens is 4. The highest BCUT2D eigenvalue weighted by atomic mass is 79.9. The second-order valence-corrected chi connectivity index (χ2v) is 5.35. The van der Waals surface area contributed by atoms with Gasteiger partial charge < -0.3 is 4.90 Å². The lowest BCUT2D eigenvalue weighted by Gasteiger charge is -2.28. The zero-order valence-electron chi connectivity index (χ0n) is 11.0. The number of hydrogen-bond acceptors (Lipinski definition) is 4. The Morgan fingerprint density at radius 2 is 2.22 bits per heavy atom. The van der Waals surface area contributed by atoms with Gasteiger partial charge in [0.1, 0.15) is 12.1 Å². The van der Waals surface area contributed by atoms with Crippen molar-refractivity contribution in [3.8, 4) is 0 Å². The molecule has 0 aliphatic rings. The fourth-order valence-electron chi connectivity index (χ4n) is 1.98. The lowest BCUT2D eigenvalue weighted by molar-refractivity contribution is 0.651. The summed E-state index contributed by atoms with van der Waals surface area (Å²) in [6.45, 7) is 7.35. The highest BCUT2D eigenvalue weighted by Gasteiger charge is 2.15. The summed E-state index contributed by atoms with van der Waals surface area (Å²) in [6.07, 6.45) is 2.64. The average Bonchev–Trinajstić information content (AvgIpc) is 2.76. The molecule has 0 radical (unpaired) electrons. The van der Waals surface area contributed by atoms with E-state index in [1.807, 2.05) is 6.92 Å². The third kappa shape index (κ3) is 2.63. The van der Waals surface area contributed by atoms with E-state index >= 15 is 0 Å². The van der Waals surface area contributed by atoms with E-state index in [9.17, 15) is 0 Å². The number of rotatable bonds is 5. The van der Waals surface area contributed by atoms with Crippen LogP contribution >= 0.6 is 15.9 Å². The minimum Gasteiger partial charge on any atom is -0.354 e. The van der Waals surface area contributed by atoms with E-state index in [0.717, 1.165) is 29.8 Å². The van der Waals surface area contributed by atoms with Crippen LogP contribution in [0.25, 0.3) is 5.78 Å². The van der Waals surface area contributed by atoms with Crippen LogP contribution in [-0.4, -0.2) is 37.5 Å². The first-order valence-electron chi connectivity index (χ1n) is 6.13. The maximum Gasteiger partial charge on any atom is 0.254 e. The molecule has 0 aromatic carbocycles. The fourth-order valence-corrected chi connectivity index (χ4v) is 2.23. The molecular weight excluding hydrogens is 294 g/mol. The van der Waals surface area contributed by atoms with Gasteiger partial charge in [0.25, 0.3) is 5.78 Å². The van der Waals surface area contributed by atoms with E-state index in [1.165, 1.54) is 0 Å². The van der Waals surface area contributed by atoms with Crippen molar-refractivity contribution < 1.29 is 0 Å². The molecule has 0 saturated heterocycles. The quantitative estimate of drug-likeness (QED) is 0.796. The summed E-state index contributed by atoms with van der Waals surface area (Å²) < 4.78 is 1.81. The van der Waals surface area contributed by atoms with E-state index < -0.39 is 0 Å². The Labute approximate surface area is 115 Å². The molecule has 0 saturated carbocycles. The smallest absolute Gasteiger partial charge is 0.254 e. The van der Waals surface area contributed by atoms with E-state index in [2.05, 4.69) is 55.8 Å². The number of hydrogen-bond donors (Lipinski definition) is 0. The monoisotopic (exact) mass is 311 g/mol. The van der Waals surface area contributed by atoms with Gasteiger partial charge in [0, 0.05) is 29.7 Å². The van der Waals surface area contributed by atoms with Crippen LogP contribution in [0.2, 0.25) is 0 Å². The number of aryl methyl sites for hydroxylation is 1. The summed E-state index contributed by atoms with van der Waals surface area (Å²) in [5.74, 6) is 1.72. The van der Waals surface area contributed by atoms with Crippen molar-refractivity contribution in [3.05, 3.63) is 18.1 Å². The first kappa shape index (κ1) is 13.3. The molecule has 0 amide bonds. The summed E-state index contributed by atoms with van der Waals surface area (Å²) in [5, 5.41) is 5.26. The molecule has 0 spiro atoms. The van der Waals surface area contributed by atoms with Crippen LogP contribution in [0.4, 0.5) is 5.82 Å². The molecule has 0 aliphatic carbocycles. The van der Waals surface area contributed by atoms with Crippen LogP contribution in [-0.2, 0) is 0 Å². The van der Waals surface area contributed by atoms with Gasteiger partial charge in [0.2, 0.25) is 0 Å². The minimum absolute atomic E-state index is 0.415. The predicted molar refractivity (Wildman–Crippen MR) is 76.4 cm³/mol. The maximum absolute atomic E-state index is 4.37. The predicted octanol–water partition coefficient (Wildman–Crippen LogP) is 2.43. The van der Waals surface area contributed by atoms with E-state index in [0.29, 0.717) is 11.8 Å². The van der Waals surface area contributed by atoms with Gasteiger partial charge in [-0.1, -0.05) is 15.9 Å². The van der Waals surface area contributed by atoms with Gasteiger partial charge in [-0.2, -0.15) is 14.6 Å².